The first-order chi connectivity index (χ1) is 14.3. The molecule has 8 nitrogen and oxygen atoms in total. The molecule has 30 heavy (non-hydrogen) atoms. The van der Waals surface area contributed by atoms with Gasteiger partial charge in [0.05, 0.1) is 24.2 Å². The highest BCUT2D eigenvalue weighted by Gasteiger charge is 2.10. The highest BCUT2D eigenvalue weighted by atomic mass is 32.2. The van der Waals surface area contributed by atoms with Gasteiger partial charge >= 0.3 is 0 Å². The molecule has 0 aliphatic carbocycles. The molecule has 0 radical (unpaired) electrons. The summed E-state index contributed by atoms with van der Waals surface area (Å²) in [4.78, 5) is 12.8. The smallest absolute Gasteiger partial charge is 0.229 e. The summed E-state index contributed by atoms with van der Waals surface area (Å²) in [5.74, 6) is 0.589. The molecule has 3 rings (SSSR count). The average molecular weight is 443 g/mol. The van der Waals surface area contributed by atoms with E-state index >= 15 is 0 Å². The molecular weight excluding hydrogens is 420 g/mol. The van der Waals surface area contributed by atoms with Crippen molar-refractivity contribution in [2.45, 2.75) is 6.54 Å². The van der Waals surface area contributed by atoms with E-state index in [1.165, 1.54) is 18.1 Å². The highest BCUT2D eigenvalue weighted by molar-refractivity contribution is 8.13. The maximum Gasteiger partial charge on any atom is 0.229 e. The molecule has 1 heterocycles. The predicted octanol–water partition coefficient (Wildman–Crippen LogP) is 3.44. The van der Waals surface area contributed by atoms with E-state index in [1.54, 1.807) is 12.1 Å². The summed E-state index contributed by atoms with van der Waals surface area (Å²) in [6.45, 7) is 0.260. The van der Waals surface area contributed by atoms with E-state index in [2.05, 4.69) is 25.0 Å². The van der Waals surface area contributed by atoms with E-state index in [-0.39, 0.29) is 6.54 Å². The van der Waals surface area contributed by atoms with Gasteiger partial charge in [-0.05, 0) is 24.0 Å². The molecule has 156 valence electrons. The first kappa shape index (κ1) is 21.6. The van der Waals surface area contributed by atoms with Crippen LogP contribution in [-0.4, -0.2) is 36.1 Å². The fraction of sp³-hybridized carbons (Fsp3) is 0.150. The zero-order valence-corrected chi connectivity index (χ0v) is 18.2. The zero-order valence-electron chi connectivity index (χ0n) is 16.5. The molecule has 10 heteroatoms. The largest absolute Gasteiger partial charge is 0.379 e. The van der Waals surface area contributed by atoms with Crippen LogP contribution in [-0.2, 0) is 16.6 Å². The van der Waals surface area contributed by atoms with Crippen LogP contribution in [0.4, 0.5) is 17.2 Å². The first-order valence-electron chi connectivity index (χ1n) is 8.93. The van der Waals surface area contributed by atoms with Crippen LogP contribution in [0.2, 0.25) is 0 Å². The molecule has 0 spiro atoms. The Bertz CT molecular complexity index is 1150. The third kappa shape index (κ3) is 6.19. The number of rotatable bonds is 7. The van der Waals surface area contributed by atoms with E-state index in [0.29, 0.717) is 27.9 Å². The Morgan fingerprint density at radius 1 is 1.13 bits per heavy atom. The maximum atomic E-state index is 11.8. The summed E-state index contributed by atoms with van der Waals surface area (Å²) in [6.07, 6.45) is 4.41. The van der Waals surface area contributed by atoms with Crippen molar-refractivity contribution >= 4 is 44.1 Å². The van der Waals surface area contributed by atoms with Gasteiger partial charge in [-0.2, -0.15) is 0 Å². The third-order valence-electron chi connectivity index (χ3n) is 4.03. The number of thioether (sulfide) groups is 1. The number of sulfonamides is 1. The van der Waals surface area contributed by atoms with Gasteiger partial charge in [-0.15, -0.1) is 0 Å². The van der Waals surface area contributed by atoms with Crippen LogP contribution in [0.3, 0.4) is 0 Å². The highest BCUT2D eigenvalue weighted by Crippen LogP contribution is 2.26. The number of hydrogen-bond donors (Lipinski definition) is 3. The topological polar surface area (TPSA) is 122 Å². The van der Waals surface area contributed by atoms with Crippen molar-refractivity contribution in [3.8, 4) is 11.3 Å². The maximum absolute atomic E-state index is 11.8. The van der Waals surface area contributed by atoms with Gasteiger partial charge in [-0.25, -0.2) is 18.4 Å². The lowest BCUT2D eigenvalue weighted by Crippen LogP contribution is -2.12. The SMILES string of the molecule is CS/C(N)=N\Cc1ccc(Nc2cc(-c3ccccc3)ncn2)cc1NS(C)(=O)=O. The Labute approximate surface area is 180 Å². The van der Waals surface area contributed by atoms with Crippen LogP contribution in [0.25, 0.3) is 11.3 Å². The molecule has 0 amide bonds. The Balaban J connectivity index is 1.88. The molecule has 4 N–H and O–H groups in total. The Hall–Kier alpha value is -3.11. The third-order valence-corrected chi connectivity index (χ3v) is 5.17. The number of aromatic nitrogens is 2. The predicted molar refractivity (Wildman–Crippen MR) is 125 cm³/mol. The fourth-order valence-corrected chi connectivity index (χ4v) is 3.44. The van der Waals surface area contributed by atoms with Gasteiger partial charge in [0.2, 0.25) is 10.0 Å². The van der Waals surface area contributed by atoms with E-state index in [9.17, 15) is 8.42 Å². The first-order valence-corrected chi connectivity index (χ1v) is 12.0. The molecule has 0 atom stereocenters. The molecule has 0 unspecified atom stereocenters. The second-order valence-electron chi connectivity index (χ2n) is 6.38. The molecule has 2 aromatic carbocycles. The van der Waals surface area contributed by atoms with Crippen LogP contribution in [0.15, 0.2) is 65.9 Å². The van der Waals surface area contributed by atoms with Gasteiger partial charge in [0.1, 0.15) is 12.1 Å². The normalized spacial score (nSPS) is 11.9. The minimum absolute atomic E-state index is 0.260. The van der Waals surface area contributed by atoms with Gasteiger partial charge in [-0.3, -0.25) is 9.71 Å². The van der Waals surface area contributed by atoms with E-state index < -0.39 is 10.0 Å². The van der Waals surface area contributed by atoms with Crippen molar-refractivity contribution in [2.75, 3.05) is 22.6 Å². The monoisotopic (exact) mass is 442 g/mol. The van der Waals surface area contributed by atoms with Crippen molar-refractivity contribution in [3.05, 3.63) is 66.5 Å². The van der Waals surface area contributed by atoms with Gasteiger partial charge < -0.3 is 11.1 Å². The summed E-state index contributed by atoms with van der Waals surface area (Å²) in [5.41, 5.74) is 9.30. The average Bonchev–Trinajstić information content (AvgIpc) is 2.72. The number of anilines is 3. The van der Waals surface area contributed by atoms with Crippen LogP contribution < -0.4 is 15.8 Å². The molecule has 0 saturated carbocycles. The van der Waals surface area contributed by atoms with Crippen molar-refractivity contribution in [1.82, 2.24) is 9.97 Å². The van der Waals surface area contributed by atoms with Crippen LogP contribution in [0.1, 0.15) is 5.56 Å². The number of amidine groups is 1. The Morgan fingerprint density at radius 3 is 2.60 bits per heavy atom. The minimum Gasteiger partial charge on any atom is -0.379 e. The minimum atomic E-state index is -3.46. The lowest BCUT2D eigenvalue weighted by Gasteiger charge is -2.13. The fourth-order valence-electron chi connectivity index (χ4n) is 2.65. The Morgan fingerprint density at radius 2 is 1.90 bits per heavy atom. The van der Waals surface area contributed by atoms with E-state index in [4.69, 9.17) is 5.73 Å². The molecule has 1 aromatic heterocycles. The van der Waals surface area contributed by atoms with Crippen LogP contribution >= 0.6 is 11.8 Å². The summed E-state index contributed by atoms with van der Waals surface area (Å²) in [7, 11) is -3.46. The van der Waals surface area contributed by atoms with Gasteiger partial charge in [0.15, 0.2) is 5.17 Å². The lowest BCUT2D eigenvalue weighted by molar-refractivity contribution is 0.606. The second-order valence-corrected chi connectivity index (χ2v) is 8.96. The van der Waals surface area contributed by atoms with Crippen molar-refractivity contribution in [1.29, 1.82) is 0 Å². The second kappa shape index (κ2) is 9.59. The Kier molecular flexibility index (Phi) is 6.91. The van der Waals surface area contributed by atoms with Gasteiger partial charge in [0, 0.05) is 17.3 Å². The van der Waals surface area contributed by atoms with Gasteiger partial charge in [0.25, 0.3) is 0 Å². The van der Waals surface area contributed by atoms with Gasteiger partial charge in [-0.1, -0.05) is 48.2 Å². The standard InChI is InChI=1S/C20H22N6O2S2/c1-29-20(21)22-12-15-8-9-16(10-18(15)26-30(2,27)28)25-19-11-17(23-13-24-19)14-6-4-3-5-7-14/h3-11,13,26H,12H2,1-2H3,(H2,21,22)(H,23,24,25). The summed E-state index contributed by atoms with van der Waals surface area (Å²) < 4.78 is 26.1. The van der Waals surface area contributed by atoms with Crippen molar-refractivity contribution < 1.29 is 8.42 Å². The molecule has 0 aliphatic rings. The van der Waals surface area contributed by atoms with E-state index in [1.807, 2.05) is 48.7 Å². The quantitative estimate of drug-likeness (QED) is 0.378. The summed E-state index contributed by atoms with van der Waals surface area (Å²) >= 11 is 1.33. The molecule has 0 saturated heterocycles. The van der Waals surface area contributed by atoms with Crippen LogP contribution in [0.5, 0.6) is 0 Å². The number of nitrogens with zero attached hydrogens (tertiary/aromatic N) is 3. The van der Waals surface area contributed by atoms with Crippen molar-refractivity contribution in [3.63, 3.8) is 0 Å². The van der Waals surface area contributed by atoms with E-state index in [0.717, 1.165) is 17.5 Å². The summed E-state index contributed by atoms with van der Waals surface area (Å²) in [5, 5.41) is 3.62. The number of hydrogen-bond acceptors (Lipinski definition) is 7. The lowest BCUT2D eigenvalue weighted by atomic mass is 10.1. The molecule has 0 bridgehead atoms. The molecular formula is C20H22N6O2S2. The summed E-state index contributed by atoms with van der Waals surface area (Å²) in [6, 6.07) is 16.9. The molecule has 0 aliphatic heterocycles. The number of aliphatic imine (C=N–C) groups is 1. The molecule has 3 aromatic rings. The number of benzene rings is 2. The zero-order chi connectivity index (χ0) is 21.6. The number of nitrogens with two attached hydrogens (primary N) is 1. The van der Waals surface area contributed by atoms with Crippen molar-refractivity contribution in [2.24, 2.45) is 10.7 Å². The number of nitrogens with one attached hydrogen (secondary N) is 2. The van der Waals surface area contributed by atoms with Crippen LogP contribution in [0, 0.1) is 0 Å². The molecule has 0 fully saturated rings.